The van der Waals surface area contributed by atoms with Crippen molar-refractivity contribution in [2.45, 2.75) is 63.5 Å². The van der Waals surface area contributed by atoms with Gasteiger partial charge in [0.15, 0.2) is 5.69 Å². The van der Waals surface area contributed by atoms with E-state index in [-0.39, 0.29) is 11.9 Å². The van der Waals surface area contributed by atoms with Crippen molar-refractivity contribution < 1.29 is 4.79 Å². The Balaban J connectivity index is 1.53. The minimum Gasteiger partial charge on any atom is -0.329 e. The third-order valence-corrected chi connectivity index (χ3v) is 5.47. The first-order valence-electron chi connectivity index (χ1n) is 9.46. The standard InChI is InChI=1S/C19H25N5O/c25-19(17-14-24(22-21-17)15-8-2-1-3-9-15)23-13-7-5-11-18(23)16-10-4-6-12-20-16/h4,6,10,12,14-15,18H,1-3,5,7-9,11,13H2. The molecule has 1 saturated carbocycles. The number of carbonyl (C=O) groups is 1. The van der Waals surface area contributed by atoms with Crippen molar-refractivity contribution in [1.29, 1.82) is 0 Å². The summed E-state index contributed by atoms with van der Waals surface area (Å²) in [5, 5.41) is 8.45. The van der Waals surface area contributed by atoms with Gasteiger partial charge in [-0.1, -0.05) is 30.5 Å². The molecule has 0 aromatic carbocycles. The summed E-state index contributed by atoms with van der Waals surface area (Å²) in [7, 11) is 0. The minimum atomic E-state index is -0.0163. The Morgan fingerprint density at radius 2 is 1.88 bits per heavy atom. The Hall–Kier alpha value is -2.24. The number of aromatic nitrogens is 4. The molecule has 0 radical (unpaired) electrons. The first-order chi connectivity index (χ1) is 12.3. The summed E-state index contributed by atoms with van der Waals surface area (Å²) in [6.45, 7) is 0.760. The maximum Gasteiger partial charge on any atom is 0.276 e. The summed E-state index contributed by atoms with van der Waals surface area (Å²) in [5.41, 5.74) is 1.43. The predicted molar refractivity (Wildman–Crippen MR) is 94.0 cm³/mol. The lowest BCUT2D eigenvalue weighted by Crippen LogP contribution is -2.39. The predicted octanol–water partition coefficient (Wildman–Crippen LogP) is 3.55. The molecule has 6 heteroatoms. The van der Waals surface area contributed by atoms with E-state index in [4.69, 9.17) is 0 Å². The second kappa shape index (κ2) is 7.33. The van der Waals surface area contributed by atoms with Crippen molar-refractivity contribution in [3.05, 3.63) is 42.0 Å². The van der Waals surface area contributed by atoms with Crippen LogP contribution in [0.25, 0.3) is 0 Å². The zero-order chi connectivity index (χ0) is 17.1. The number of hydrogen-bond donors (Lipinski definition) is 0. The SMILES string of the molecule is O=C(c1cn(C2CCCCC2)nn1)N1CCCCC1c1ccccn1. The van der Waals surface area contributed by atoms with Gasteiger partial charge < -0.3 is 4.90 Å². The van der Waals surface area contributed by atoms with Crippen molar-refractivity contribution in [2.75, 3.05) is 6.54 Å². The van der Waals surface area contributed by atoms with E-state index in [1.54, 1.807) is 6.20 Å². The van der Waals surface area contributed by atoms with Gasteiger partial charge in [0.25, 0.3) is 5.91 Å². The molecule has 1 aliphatic carbocycles. The van der Waals surface area contributed by atoms with E-state index in [1.807, 2.05) is 34.0 Å². The van der Waals surface area contributed by atoms with Gasteiger partial charge in [-0.25, -0.2) is 4.68 Å². The van der Waals surface area contributed by atoms with Gasteiger partial charge in [-0.2, -0.15) is 0 Å². The molecule has 1 amide bonds. The molecule has 0 spiro atoms. The molecule has 2 aliphatic rings. The van der Waals surface area contributed by atoms with Crippen LogP contribution in [0.5, 0.6) is 0 Å². The number of likely N-dealkylation sites (tertiary alicyclic amines) is 1. The van der Waals surface area contributed by atoms with Crippen LogP contribution in [0.4, 0.5) is 0 Å². The zero-order valence-corrected chi connectivity index (χ0v) is 14.5. The number of hydrogen-bond acceptors (Lipinski definition) is 4. The van der Waals surface area contributed by atoms with E-state index in [1.165, 1.54) is 19.3 Å². The summed E-state index contributed by atoms with van der Waals surface area (Å²) in [6, 6.07) is 6.35. The highest BCUT2D eigenvalue weighted by Crippen LogP contribution is 2.31. The first kappa shape index (κ1) is 16.2. The molecule has 2 aromatic rings. The Bertz CT molecular complexity index is 708. The second-order valence-corrected chi connectivity index (χ2v) is 7.14. The van der Waals surface area contributed by atoms with Gasteiger partial charge >= 0.3 is 0 Å². The molecule has 1 unspecified atom stereocenters. The number of amides is 1. The lowest BCUT2D eigenvalue weighted by Gasteiger charge is -2.34. The van der Waals surface area contributed by atoms with Crippen LogP contribution in [0.15, 0.2) is 30.6 Å². The highest BCUT2D eigenvalue weighted by Gasteiger charge is 2.31. The molecule has 6 nitrogen and oxygen atoms in total. The Kier molecular flexibility index (Phi) is 4.76. The van der Waals surface area contributed by atoms with E-state index in [2.05, 4.69) is 15.3 Å². The molecular weight excluding hydrogens is 314 g/mol. The molecule has 4 rings (SSSR count). The number of carbonyl (C=O) groups excluding carboxylic acids is 1. The van der Waals surface area contributed by atoms with E-state index in [0.29, 0.717) is 11.7 Å². The lowest BCUT2D eigenvalue weighted by atomic mass is 9.96. The summed E-state index contributed by atoms with van der Waals surface area (Å²) in [6.07, 6.45) is 12.8. The third-order valence-electron chi connectivity index (χ3n) is 5.47. The van der Waals surface area contributed by atoms with E-state index >= 15 is 0 Å². The number of pyridine rings is 1. The largest absolute Gasteiger partial charge is 0.329 e. The maximum atomic E-state index is 13.1. The van der Waals surface area contributed by atoms with E-state index in [9.17, 15) is 4.79 Å². The molecule has 132 valence electrons. The summed E-state index contributed by atoms with van der Waals surface area (Å²) in [4.78, 5) is 19.5. The van der Waals surface area contributed by atoms with Crippen LogP contribution in [0.1, 0.15) is 79.6 Å². The van der Waals surface area contributed by atoms with Crippen molar-refractivity contribution >= 4 is 5.91 Å². The minimum absolute atomic E-state index is 0.0163. The van der Waals surface area contributed by atoms with E-state index in [0.717, 1.165) is 44.3 Å². The molecule has 1 saturated heterocycles. The Morgan fingerprint density at radius 1 is 1.04 bits per heavy atom. The van der Waals surface area contributed by atoms with Crippen LogP contribution in [-0.2, 0) is 0 Å². The fourth-order valence-corrected chi connectivity index (χ4v) is 4.10. The summed E-state index contributed by atoms with van der Waals surface area (Å²) >= 11 is 0. The highest BCUT2D eigenvalue weighted by atomic mass is 16.2. The molecule has 0 bridgehead atoms. The molecule has 1 atom stereocenters. The highest BCUT2D eigenvalue weighted by molar-refractivity contribution is 5.92. The van der Waals surface area contributed by atoms with Gasteiger partial charge in [0.05, 0.1) is 24.0 Å². The quantitative estimate of drug-likeness (QED) is 0.858. The van der Waals surface area contributed by atoms with Crippen molar-refractivity contribution in [3.8, 4) is 0 Å². The van der Waals surface area contributed by atoms with Crippen LogP contribution >= 0.6 is 0 Å². The molecule has 0 N–H and O–H groups in total. The average Bonchev–Trinajstić information content (AvgIpc) is 3.19. The molecular formula is C19H25N5O. The first-order valence-corrected chi connectivity index (χ1v) is 9.46. The lowest BCUT2D eigenvalue weighted by molar-refractivity contribution is 0.0600. The van der Waals surface area contributed by atoms with Crippen LogP contribution in [0, 0.1) is 0 Å². The monoisotopic (exact) mass is 339 g/mol. The molecule has 2 fully saturated rings. The number of piperidine rings is 1. The second-order valence-electron chi connectivity index (χ2n) is 7.14. The average molecular weight is 339 g/mol. The Morgan fingerprint density at radius 3 is 2.68 bits per heavy atom. The van der Waals surface area contributed by atoms with Gasteiger partial charge in [-0.3, -0.25) is 9.78 Å². The molecule has 3 heterocycles. The zero-order valence-electron chi connectivity index (χ0n) is 14.5. The summed E-state index contributed by atoms with van der Waals surface area (Å²) in [5.74, 6) is -0.0163. The van der Waals surface area contributed by atoms with Crippen LogP contribution < -0.4 is 0 Å². The van der Waals surface area contributed by atoms with Crippen molar-refractivity contribution in [1.82, 2.24) is 24.9 Å². The van der Waals surface area contributed by atoms with Crippen molar-refractivity contribution in [3.63, 3.8) is 0 Å². The number of nitrogens with zero attached hydrogens (tertiary/aromatic N) is 5. The number of rotatable bonds is 3. The van der Waals surface area contributed by atoms with Gasteiger partial charge in [-0.15, -0.1) is 5.10 Å². The van der Waals surface area contributed by atoms with Gasteiger partial charge in [0.2, 0.25) is 0 Å². The molecule has 25 heavy (non-hydrogen) atoms. The molecule has 2 aromatic heterocycles. The maximum absolute atomic E-state index is 13.1. The van der Waals surface area contributed by atoms with Crippen molar-refractivity contribution in [2.24, 2.45) is 0 Å². The smallest absolute Gasteiger partial charge is 0.276 e. The van der Waals surface area contributed by atoms with Gasteiger partial charge in [-0.05, 0) is 44.2 Å². The van der Waals surface area contributed by atoms with Gasteiger partial charge in [0.1, 0.15) is 0 Å². The Labute approximate surface area is 148 Å². The summed E-state index contributed by atoms with van der Waals surface area (Å²) < 4.78 is 1.91. The van der Waals surface area contributed by atoms with E-state index < -0.39 is 0 Å². The third kappa shape index (κ3) is 3.43. The normalized spacial score (nSPS) is 22.1. The fraction of sp³-hybridized carbons (Fsp3) is 0.579. The molecule has 1 aliphatic heterocycles. The van der Waals surface area contributed by atoms with Crippen LogP contribution in [0.2, 0.25) is 0 Å². The van der Waals surface area contributed by atoms with Crippen LogP contribution in [-0.4, -0.2) is 37.3 Å². The van der Waals surface area contributed by atoms with Crippen LogP contribution in [0.3, 0.4) is 0 Å². The topological polar surface area (TPSA) is 63.9 Å². The fourth-order valence-electron chi connectivity index (χ4n) is 4.10. The van der Waals surface area contributed by atoms with Gasteiger partial charge in [0, 0.05) is 12.7 Å².